The Labute approximate surface area is 148 Å². The number of nitrogens with zero attached hydrogens (tertiary/aromatic N) is 5. The fraction of sp³-hybridized carbons (Fsp3) is 0.278. The van der Waals surface area contributed by atoms with E-state index in [-0.39, 0.29) is 19.0 Å². The third-order valence-electron chi connectivity index (χ3n) is 4.47. The van der Waals surface area contributed by atoms with Gasteiger partial charge in [0.25, 0.3) is 0 Å². The molecular formula is C18H17F2N5O. The summed E-state index contributed by atoms with van der Waals surface area (Å²) in [4.78, 5) is 20.6. The fourth-order valence-electron chi connectivity index (χ4n) is 3.17. The van der Waals surface area contributed by atoms with Crippen LogP contribution in [0.25, 0.3) is 5.65 Å². The van der Waals surface area contributed by atoms with E-state index < -0.39 is 11.6 Å². The highest BCUT2D eigenvalue weighted by Crippen LogP contribution is 2.20. The van der Waals surface area contributed by atoms with E-state index in [1.165, 1.54) is 6.07 Å². The molecule has 0 aliphatic carbocycles. The van der Waals surface area contributed by atoms with Crippen LogP contribution in [0.4, 0.5) is 14.6 Å². The summed E-state index contributed by atoms with van der Waals surface area (Å²) in [5.74, 6) is -1.04. The van der Waals surface area contributed by atoms with Crippen LogP contribution in [-0.4, -0.2) is 45.0 Å². The van der Waals surface area contributed by atoms with Crippen molar-refractivity contribution in [1.82, 2.24) is 19.5 Å². The zero-order valence-electron chi connectivity index (χ0n) is 14.2. The summed E-state index contributed by atoms with van der Waals surface area (Å²) in [6.07, 6.45) is 1.67. The summed E-state index contributed by atoms with van der Waals surface area (Å²) < 4.78 is 28.1. The van der Waals surface area contributed by atoms with Gasteiger partial charge in [-0.2, -0.15) is 9.61 Å². The van der Waals surface area contributed by atoms with Gasteiger partial charge in [0.15, 0.2) is 17.3 Å². The molecule has 0 spiro atoms. The van der Waals surface area contributed by atoms with Crippen molar-refractivity contribution < 1.29 is 13.6 Å². The Kier molecular flexibility index (Phi) is 4.02. The van der Waals surface area contributed by atoms with Crippen LogP contribution in [0.2, 0.25) is 0 Å². The minimum Gasteiger partial charge on any atom is -0.345 e. The lowest BCUT2D eigenvalue weighted by atomic mass is 10.2. The van der Waals surface area contributed by atoms with Gasteiger partial charge < -0.3 is 9.80 Å². The Morgan fingerprint density at radius 1 is 1.12 bits per heavy atom. The van der Waals surface area contributed by atoms with Gasteiger partial charge in [-0.25, -0.2) is 13.8 Å². The number of fused-ring (bicyclic) bond motifs is 1. The maximum Gasteiger partial charge on any atom is 0.242 e. The number of amides is 1. The molecule has 4 rings (SSSR count). The number of hydrogen-bond donors (Lipinski definition) is 0. The van der Waals surface area contributed by atoms with E-state index in [2.05, 4.69) is 10.1 Å². The van der Waals surface area contributed by atoms with Crippen molar-refractivity contribution in [3.8, 4) is 0 Å². The van der Waals surface area contributed by atoms with Crippen molar-refractivity contribution in [1.29, 1.82) is 0 Å². The zero-order chi connectivity index (χ0) is 18.3. The first kappa shape index (κ1) is 16.4. The molecule has 1 fully saturated rings. The van der Waals surface area contributed by atoms with Crippen molar-refractivity contribution in [2.45, 2.75) is 13.5 Å². The molecule has 1 saturated heterocycles. The molecule has 0 saturated carbocycles. The van der Waals surface area contributed by atoms with Crippen molar-refractivity contribution in [2.75, 3.05) is 24.5 Å². The lowest BCUT2D eigenvalue weighted by Gasteiger charge is -2.35. The second-order valence-corrected chi connectivity index (χ2v) is 6.34. The smallest absolute Gasteiger partial charge is 0.242 e. The van der Waals surface area contributed by atoms with E-state index in [1.807, 2.05) is 24.0 Å². The van der Waals surface area contributed by atoms with Gasteiger partial charge in [0, 0.05) is 37.5 Å². The third-order valence-corrected chi connectivity index (χ3v) is 4.47. The van der Waals surface area contributed by atoms with Gasteiger partial charge >= 0.3 is 0 Å². The number of hydrogen-bond acceptors (Lipinski definition) is 4. The second kappa shape index (κ2) is 6.36. The molecule has 26 heavy (non-hydrogen) atoms. The molecule has 1 aliphatic rings. The third kappa shape index (κ3) is 2.98. The number of anilines is 1. The van der Waals surface area contributed by atoms with Gasteiger partial charge in [0.2, 0.25) is 5.91 Å². The number of piperazine rings is 1. The summed E-state index contributed by atoms with van der Waals surface area (Å²) in [7, 11) is 0. The van der Waals surface area contributed by atoms with Crippen LogP contribution in [0.5, 0.6) is 0 Å². The van der Waals surface area contributed by atoms with Crippen molar-refractivity contribution in [3.05, 3.63) is 59.4 Å². The van der Waals surface area contributed by atoms with Gasteiger partial charge in [-0.1, -0.05) is 6.07 Å². The van der Waals surface area contributed by atoms with Crippen LogP contribution in [-0.2, 0) is 11.3 Å². The van der Waals surface area contributed by atoms with Crippen LogP contribution in [0.3, 0.4) is 0 Å². The topological polar surface area (TPSA) is 53.7 Å². The molecule has 3 aromatic rings. The molecule has 0 N–H and O–H groups in total. The van der Waals surface area contributed by atoms with E-state index in [9.17, 15) is 13.6 Å². The number of benzene rings is 1. The van der Waals surface area contributed by atoms with Gasteiger partial charge in [-0.15, -0.1) is 0 Å². The van der Waals surface area contributed by atoms with Crippen LogP contribution >= 0.6 is 0 Å². The first-order chi connectivity index (χ1) is 12.5. The van der Waals surface area contributed by atoms with E-state index in [0.29, 0.717) is 18.7 Å². The summed E-state index contributed by atoms with van der Waals surface area (Å²) in [5, 5.41) is 4.28. The lowest BCUT2D eigenvalue weighted by Crippen LogP contribution is -2.50. The molecule has 8 heteroatoms. The molecule has 3 heterocycles. The fourth-order valence-corrected chi connectivity index (χ4v) is 3.17. The van der Waals surface area contributed by atoms with Crippen molar-refractivity contribution >= 4 is 17.4 Å². The Hall–Kier alpha value is -3.03. The minimum absolute atomic E-state index is 0.0734. The highest BCUT2D eigenvalue weighted by Gasteiger charge is 2.26. The Morgan fingerprint density at radius 2 is 1.96 bits per heavy atom. The number of carbonyl (C=O) groups excluding carboxylic acids is 1. The molecule has 0 atom stereocenters. The van der Waals surface area contributed by atoms with E-state index >= 15 is 0 Å². The Bertz CT molecular complexity index is 987. The summed E-state index contributed by atoms with van der Waals surface area (Å²) in [6, 6.07) is 7.43. The number of halogens is 2. The normalized spacial score (nSPS) is 15.1. The molecule has 0 unspecified atom stereocenters. The second-order valence-electron chi connectivity index (χ2n) is 6.34. The van der Waals surface area contributed by atoms with Crippen LogP contribution < -0.4 is 4.90 Å². The van der Waals surface area contributed by atoms with Crippen LogP contribution in [0.1, 0.15) is 11.3 Å². The average Bonchev–Trinajstić information content (AvgIpc) is 3.07. The molecule has 1 amide bonds. The van der Waals surface area contributed by atoms with Crippen LogP contribution in [0.15, 0.2) is 36.5 Å². The number of aromatic nitrogens is 3. The molecule has 0 bridgehead atoms. The highest BCUT2D eigenvalue weighted by atomic mass is 19.2. The molecule has 134 valence electrons. The molecular weight excluding hydrogens is 340 g/mol. The van der Waals surface area contributed by atoms with Gasteiger partial charge in [0.1, 0.15) is 5.82 Å². The van der Waals surface area contributed by atoms with E-state index in [1.54, 1.807) is 15.6 Å². The average molecular weight is 357 g/mol. The molecule has 2 aromatic heterocycles. The molecule has 6 nitrogen and oxygen atoms in total. The van der Waals surface area contributed by atoms with Gasteiger partial charge in [-0.05, 0) is 24.6 Å². The van der Waals surface area contributed by atoms with Crippen LogP contribution in [0, 0.1) is 18.6 Å². The molecule has 0 radical (unpaired) electrons. The number of rotatable bonds is 3. The Morgan fingerprint density at radius 3 is 2.73 bits per heavy atom. The van der Waals surface area contributed by atoms with Gasteiger partial charge in [0.05, 0.1) is 12.7 Å². The van der Waals surface area contributed by atoms with Crippen molar-refractivity contribution in [2.24, 2.45) is 0 Å². The highest BCUT2D eigenvalue weighted by molar-refractivity contribution is 5.82. The first-order valence-electron chi connectivity index (χ1n) is 8.29. The maximum absolute atomic E-state index is 13.4. The first-order valence-corrected chi connectivity index (χ1v) is 8.29. The SMILES string of the molecule is Cc1cc(N2CCN(Cc3ccc(F)c(F)c3)C(=O)C2)n2nccc2n1. The van der Waals surface area contributed by atoms with Crippen molar-refractivity contribution in [3.63, 3.8) is 0 Å². The summed E-state index contributed by atoms with van der Waals surface area (Å²) in [6.45, 7) is 3.46. The minimum atomic E-state index is -0.901. The lowest BCUT2D eigenvalue weighted by molar-refractivity contribution is -0.131. The predicted molar refractivity (Wildman–Crippen MR) is 91.7 cm³/mol. The summed E-state index contributed by atoms with van der Waals surface area (Å²) in [5.41, 5.74) is 2.15. The zero-order valence-corrected chi connectivity index (χ0v) is 14.2. The molecule has 1 aliphatic heterocycles. The summed E-state index contributed by atoms with van der Waals surface area (Å²) >= 11 is 0. The number of carbonyl (C=O) groups is 1. The largest absolute Gasteiger partial charge is 0.345 e. The number of aryl methyl sites for hydroxylation is 1. The maximum atomic E-state index is 13.4. The quantitative estimate of drug-likeness (QED) is 0.721. The predicted octanol–water partition coefficient (Wildman–Crippen LogP) is 2.16. The standard InChI is InChI=1S/C18H17F2N5O/c1-12-8-17(25-16(22-12)4-5-21-25)23-6-7-24(18(26)11-23)10-13-2-3-14(19)15(20)9-13/h2-5,8-9H,6-7,10-11H2,1H3. The van der Waals surface area contributed by atoms with E-state index in [0.717, 1.165) is 29.3 Å². The van der Waals surface area contributed by atoms with E-state index in [4.69, 9.17) is 0 Å². The Balaban J connectivity index is 1.52. The monoisotopic (exact) mass is 357 g/mol. The molecule has 1 aromatic carbocycles. The van der Waals surface area contributed by atoms with Gasteiger partial charge in [-0.3, -0.25) is 4.79 Å².